The third-order valence-corrected chi connectivity index (χ3v) is 3.54. The van der Waals surface area contributed by atoms with E-state index in [-0.39, 0.29) is 62.0 Å². The Bertz CT molecular complexity index is 313. The van der Waals surface area contributed by atoms with Gasteiger partial charge in [-0.2, -0.15) is 0 Å². The summed E-state index contributed by atoms with van der Waals surface area (Å²) in [5.74, 6) is 1.02. The van der Waals surface area contributed by atoms with E-state index in [9.17, 15) is 0 Å². The molecule has 0 aliphatic carbocycles. The van der Waals surface area contributed by atoms with Gasteiger partial charge in [-0.05, 0) is 31.4 Å². The summed E-state index contributed by atoms with van der Waals surface area (Å²) in [6.07, 6.45) is 12.1. The summed E-state index contributed by atoms with van der Waals surface area (Å²) >= 11 is 0. The Morgan fingerprint density at radius 2 is 1.43 bits per heavy atom. The Balaban J connectivity index is -0.000000451. The fourth-order valence-electron chi connectivity index (χ4n) is 2.43. The number of hydrogen-bond donors (Lipinski definition) is 0. The Kier molecular flexibility index (Phi) is 20.1. The predicted octanol–water partition coefficient (Wildman–Crippen LogP) is 0.218. The van der Waals surface area contributed by atoms with Crippen molar-refractivity contribution in [1.82, 2.24) is 0 Å². The summed E-state index contributed by atoms with van der Waals surface area (Å²) in [6.45, 7) is 4.51. The number of ether oxygens (including phenoxy) is 1. The van der Waals surface area contributed by atoms with Gasteiger partial charge < -0.3 is 7.59 Å². The van der Waals surface area contributed by atoms with Gasteiger partial charge in [0.1, 0.15) is 5.75 Å². The van der Waals surface area contributed by atoms with Gasteiger partial charge in [-0.3, -0.25) is 0 Å². The van der Waals surface area contributed by atoms with E-state index in [0.29, 0.717) is 6.10 Å². The number of para-hydroxylation sites is 1. The first-order valence-corrected chi connectivity index (χ1v) is 8.08. The van der Waals surface area contributed by atoms with Crippen molar-refractivity contribution in [3.05, 3.63) is 30.3 Å². The quantitative estimate of drug-likeness (QED) is 0.420. The van der Waals surface area contributed by atoms with E-state index in [0.717, 1.165) is 5.75 Å². The minimum Gasteiger partial charge on any atom is -1.00 e. The second-order valence-electron chi connectivity index (χ2n) is 5.40. The van der Waals surface area contributed by atoms with E-state index in [1.807, 2.05) is 18.2 Å². The summed E-state index contributed by atoms with van der Waals surface area (Å²) in [7, 11) is 0. The van der Waals surface area contributed by atoms with Crippen molar-refractivity contribution in [3.8, 4) is 5.75 Å². The molecule has 0 heterocycles. The third-order valence-electron chi connectivity index (χ3n) is 3.54. The summed E-state index contributed by atoms with van der Waals surface area (Å²) in [6, 6.07) is 10.2. The molecular formula is C18H32Na2O. The van der Waals surface area contributed by atoms with Gasteiger partial charge >= 0.3 is 59.1 Å². The van der Waals surface area contributed by atoms with Crippen molar-refractivity contribution >= 4 is 0 Å². The summed E-state index contributed by atoms with van der Waals surface area (Å²) in [4.78, 5) is 0. The molecule has 1 nitrogen and oxygen atoms in total. The first-order chi connectivity index (χ1) is 9.36. The molecule has 0 saturated carbocycles. The van der Waals surface area contributed by atoms with Crippen molar-refractivity contribution in [2.24, 2.45) is 0 Å². The van der Waals surface area contributed by atoms with Gasteiger partial charge in [0.05, 0.1) is 6.10 Å². The molecule has 1 aromatic rings. The Morgan fingerprint density at radius 1 is 0.810 bits per heavy atom. The van der Waals surface area contributed by atoms with Crippen molar-refractivity contribution in [2.75, 3.05) is 0 Å². The molecule has 1 unspecified atom stereocenters. The minimum absolute atomic E-state index is 0. The van der Waals surface area contributed by atoms with Crippen LogP contribution in [0.3, 0.4) is 0 Å². The van der Waals surface area contributed by atoms with Crippen molar-refractivity contribution in [3.63, 3.8) is 0 Å². The van der Waals surface area contributed by atoms with Crippen molar-refractivity contribution in [2.45, 2.75) is 77.7 Å². The zero-order valence-corrected chi connectivity index (χ0v) is 18.7. The van der Waals surface area contributed by atoms with Crippen LogP contribution in [-0.4, -0.2) is 6.10 Å². The molecule has 0 bridgehead atoms. The van der Waals surface area contributed by atoms with Gasteiger partial charge in [0.2, 0.25) is 0 Å². The van der Waals surface area contributed by atoms with Gasteiger partial charge in [0.25, 0.3) is 0 Å². The van der Waals surface area contributed by atoms with Crippen LogP contribution >= 0.6 is 0 Å². The number of rotatable bonds is 11. The standard InChI is InChI=1S/C18H30O.2Na.2H/c1-3-5-6-7-8-10-14-17(13-4-2)19-18-15-11-9-12-16-18;;;;/h9,11-12,15-17H,3-8,10,13-14H2,1-2H3;;;;/q;2*+1;2*-1. The average Bonchev–Trinajstić information content (AvgIpc) is 2.44. The molecular weight excluding hydrogens is 278 g/mol. The van der Waals surface area contributed by atoms with Crippen LogP contribution in [0, 0.1) is 0 Å². The Labute approximate surface area is 179 Å². The van der Waals surface area contributed by atoms with E-state index in [4.69, 9.17) is 4.74 Å². The summed E-state index contributed by atoms with van der Waals surface area (Å²) in [5, 5.41) is 0. The van der Waals surface area contributed by atoms with Crippen LogP contribution in [0.4, 0.5) is 0 Å². The van der Waals surface area contributed by atoms with E-state index < -0.39 is 0 Å². The van der Waals surface area contributed by atoms with E-state index in [1.54, 1.807) is 0 Å². The SMILES string of the molecule is CCCCCCCCC(CCC)Oc1ccccc1.[H-].[H-].[Na+].[Na+]. The van der Waals surface area contributed by atoms with E-state index in [1.165, 1.54) is 57.8 Å². The number of benzene rings is 1. The zero-order chi connectivity index (χ0) is 13.8. The fourth-order valence-corrected chi connectivity index (χ4v) is 2.43. The molecule has 0 aliphatic heterocycles. The van der Waals surface area contributed by atoms with Crippen LogP contribution < -0.4 is 63.9 Å². The molecule has 0 spiro atoms. The maximum absolute atomic E-state index is 6.08. The molecule has 0 aliphatic rings. The maximum Gasteiger partial charge on any atom is 1.00 e. The van der Waals surface area contributed by atoms with Gasteiger partial charge in [-0.25, -0.2) is 0 Å². The smallest absolute Gasteiger partial charge is 1.00 e. The Hall–Kier alpha value is 1.02. The molecule has 21 heavy (non-hydrogen) atoms. The molecule has 0 fully saturated rings. The number of unbranched alkanes of at least 4 members (excludes halogenated alkanes) is 5. The van der Waals surface area contributed by atoms with Crippen LogP contribution in [0.1, 0.15) is 74.5 Å². The zero-order valence-electron chi connectivity index (χ0n) is 16.7. The molecule has 0 saturated heterocycles. The number of hydrogen-bond acceptors (Lipinski definition) is 1. The van der Waals surface area contributed by atoms with Crippen LogP contribution in [0.5, 0.6) is 5.75 Å². The second kappa shape index (κ2) is 17.4. The minimum atomic E-state index is 0. The largest absolute Gasteiger partial charge is 1.00 e. The van der Waals surface area contributed by atoms with Crippen molar-refractivity contribution < 1.29 is 66.7 Å². The second-order valence-corrected chi connectivity index (χ2v) is 5.40. The molecule has 3 heteroatoms. The monoisotopic (exact) mass is 310 g/mol. The van der Waals surface area contributed by atoms with Gasteiger partial charge in [0.15, 0.2) is 0 Å². The Morgan fingerprint density at radius 3 is 2.05 bits per heavy atom. The third kappa shape index (κ3) is 13.2. The van der Waals surface area contributed by atoms with Crippen molar-refractivity contribution in [1.29, 1.82) is 0 Å². The average molecular weight is 310 g/mol. The maximum atomic E-state index is 6.08. The molecule has 112 valence electrons. The molecule has 0 amide bonds. The summed E-state index contributed by atoms with van der Waals surface area (Å²) in [5.41, 5.74) is 0. The van der Waals surface area contributed by atoms with E-state index in [2.05, 4.69) is 26.0 Å². The fraction of sp³-hybridized carbons (Fsp3) is 0.667. The van der Waals surface area contributed by atoms with Crippen LogP contribution in [0.15, 0.2) is 30.3 Å². The van der Waals surface area contributed by atoms with Crippen LogP contribution in [0.2, 0.25) is 0 Å². The summed E-state index contributed by atoms with van der Waals surface area (Å²) < 4.78 is 6.08. The van der Waals surface area contributed by atoms with Gasteiger partial charge in [-0.15, -0.1) is 0 Å². The first kappa shape index (κ1) is 24.3. The topological polar surface area (TPSA) is 9.23 Å². The molecule has 1 atom stereocenters. The first-order valence-electron chi connectivity index (χ1n) is 8.08. The van der Waals surface area contributed by atoms with E-state index >= 15 is 0 Å². The molecule has 1 rings (SSSR count). The molecule has 0 aromatic heterocycles. The predicted molar refractivity (Wildman–Crippen MR) is 86.0 cm³/mol. The van der Waals surface area contributed by atoms with Crippen LogP contribution in [0.25, 0.3) is 0 Å². The normalized spacial score (nSPS) is 11.1. The molecule has 1 aromatic carbocycles. The van der Waals surface area contributed by atoms with Gasteiger partial charge in [-0.1, -0.05) is 70.6 Å². The molecule has 0 radical (unpaired) electrons. The van der Waals surface area contributed by atoms with Crippen LogP contribution in [-0.2, 0) is 0 Å². The van der Waals surface area contributed by atoms with Gasteiger partial charge in [0, 0.05) is 0 Å². The molecule has 0 N–H and O–H groups in total.